The Morgan fingerprint density at radius 1 is 1.22 bits per heavy atom. The zero-order chi connectivity index (χ0) is 13.5. The van der Waals surface area contributed by atoms with E-state index in [0.29, 0.717) is 12.6 Å². The van der Waals surface area contributed by atoms with Crippen molar-refractivity contribution in [3.05, 3.63) is 35.9 Å². The molecule has 1 N–H and O–H groups in total. The number of hydrogen-bond acceptors (Lipinski definition) is 2. The van der Waals surface area contributed by atoms with Gasteiger partial charge in [0.1, 0.15) is 0 Å². The van der Waals surface area contributed by atoms with Gasteiger partial charge in [0.2, 0.25) is 5.91 Å². The van der Waals surface area contributed by atoms with Crippen LogP contribution in [0.1, 0.15) is 19.4 Å². The number of amides is 1. The molecule has 0 radical (unpaired) electrons. The van der Waals surface area contributed by atoms with Crippen LogP contribution < -0.4 is 5.32 Å². The molecule has 1 atom stereocenters. The van der Waals surface area contributed by atoms with E-state index in [1.165, 1.54) is 5.56 Å². The van der Waals surface area contributed by atoms with Crippen LogP contribution in [0.25, 0.3) is 0 Å². The molecule has 1 aromatic rings. The summed E-state index contributed by atoms with van der Waals surface area (Å²) < 4.78 is 0. The summed E-state index contributed by atoms with van der Waals surface area (Å²) in [6, 6.07) is 10.7. The van der Waals surface area contributed by atoms with Gasteiger partial charge in [-0.15, -0.1) is 0 Å². The number of hydrogen-bond donors (Lipinski definition) is 1. The molecule has 0 saturated carbocycles. The maximum absolute atomic E-state index is 11.6. The predicted molar refractivity (Wildman–Crippen MR) is 75.5 cm³/mol. The van der Waals surface area contributed by atoms with Gasteiger partial charge in [0.05, 0.1) is 0 Å². The number of carbonyl (C=O) groups is 1. The molecule has 0 fully saturated rings. The van der Waals surface area contributed by atoms with Gasteiger partial charge < -0.3 is 10.2 Å². The summed E-state index contributed by atoms with van der Waals surface area (Å²) in [6.45, 7) is 4.52. The Balaban J connectivity index is 2.53. The Hall–Kier alpha value is -1.35. The third kappa shape index (κ3) is 4.88. The average molecular weight is 248 g/mol. The van der Waals surface area contributed by atoms with Gasteiger partial charge in [-0.25, -0.2) is 0 Å². The fraction of sp³-hybridized carbons (Fsp3) is 0.533. The molecule has 18 heavy (non-hydrogen) atoms. The summed E-state index contributed by atoms with van der Waals surface area (Å²) in [5.74, 6) is 0.166. The third-order valence-corrected chi connectivity index (χ3v) is 3.08. The topological polar surface area (TPSA) is 32.3 Å². The molecule has 0 unspecified atom stereocenters. The standard InChI is InChI=1S/C15H24N2O/c1-12(2)15(18)16-11-14(17(3)4)10-13-8-6-5-7-9-13/h5-9,12,14H,10-11H2,1-4H3,(H,16,18)/t14-/m0/s1. The molecule has 0 bridgehead atoms. The Morgan fingerprint density at radius 3 is 2.33 bits per heavy atom. The molecule has 0 aliphatic carbocycles. The number of nitrogens with one attached hydrogen (secondary N) is 1. The van der Waals surface area contributed by atoms with Crippen molar-refractivity contribution in [3.63, 3.8) is 0 Å². The van der Waals surface area contributed by atoms with Gasteiger partial charge in [-0.05, 0) is 26.1 Å². The van der Waals surface area contributed by atoms with Crippen molar-refractivity contribution < 1.29 is 4.79 Å². The van der Waals surface area contributed by atoms with Gasteiger partial charge in [0.15, 0.2) is 0 Å². The maximum atomic E-state index is 11.6. The van der Waals surface area contributed by atoms with Crippen LogP contribution in [-0.4, -0.2) is 37.5 Å². The first-order chi connectivity index (χ1) is 8.50. The lowest BCUT2D eigenvalue weighted by atomic mass is 10.0. The van der Waals surface area contributed by atoms with E-state index in [1.807, 2.05) is 19.9 Å². The number of likely N-dealkylation sites (N-methyl/N-ethyl adjacent to an activating group) is 1. The van der Waals surface area contributed by atoms with E-state index in [1.54, 1.807) is 0 Å². The minimum Gasteiger partial charge on any atom is -0.354 e. The quantitative estimate of drug-likeness (QED) is 0.834. The molecule has 1 rings (SSSR count). The van der Waals surface area contributed by atoms with E-state index in [0.717, 1.165) is 6.42 Å². The van der Waals surface area contributed by atoms with E-state index in [-0.39, 0.29) is 11.8 Å². The molecule has 0 aliphatic rings. The van der Waals surface area contributed by atoms with E-state index in [2.05, 4.69) is 48.6 Å². The summed E-state index contributed by atoms with van der Waals surface area (Å²) in [7, 11) is 4.10. The summed E-state index contributed by atoms with van der Waals surface area (Å²) in [6.07, 6.45) is 0.951. The minimum atomic E-state index is 0.0459. The fourth-order valence-corrected chi connectivity index (χ4v) is 1.75. The van der Waals surface area contributed by atoms with Crippen LogP contribution in [0.3, 0.4) is 0 Å². The van der Waals surface area contributed by atoms with E-state index in [9.17, 15) is 4.79 Å². The molecule has 1 amide bonds. The summed E-state index contributed by atoms with van der Waals surface area (Å²) in [5, 5.41) is 3.00. The lowest BCUT2D eigenvalue weighted by molar-refractivity contribution is -0.124. The Morgan fingerprint density at radius 2 is 1.83 bits per heavy atom. The summed E-state index contributed by atoms with van der Waals surface area (Å²) in [5.41, 5.74) is 1.30. The highest BCUT2D eigenvalue weighted by atomic mass is 16.1. The van der Waals surface area contributed by atoms with Crippen molar-refractivity contribution >= 4 is 5.91 Å². The van der Waals surface area contributed by atoms with Gasteiger partial charge in [0, 0.05) is 18.5 Å². The lowest BCUT2D eigenvalue weighted by Crippen LogP contribution is -2.42. The predicted octanol–water partition coefficient (Wildman–Crippen LogP) is 1.93. The highest BCUT2D eigenvalue weighted by Gasteiger charge is 2.14. The van der Waals surface area contributed by atoms with Crippen molar-refractivity contribution in [2.45, 2.75) is 26.3 Å². The number of carbonyl (C=O) groups excluding carboxylic acids is 1. The lowest BCUT2D eigenvalue weighted by Gasteiger charge is -2.25. The molecule has 0 saturated heterocycles. The molecule has 3 heteroatoms. The molecule has 0 heterocycles. The first kappa shape index (κ1) is 14.7. The van der Waals surface area contributed by atoms with Crippen LogP contribution in [-0.2, 0) is 11.2 Å². The van der Waals surface area contributed by atoms with Crippen molar-refractivity contribution in [2.75, 3.05) is 20.6 Å². The van der Waals surface area contributed by atoms with Crippen LogP contribution in [0.4, 0.5) is 0 Å². The largest absolute Gasteiger partial charge is 0.354 e. The monoisotopic (exact) mass is 248 g/mol. The van der Waals surface area contributed by atoms with Crippen molar-refractivity contribution in [3.8, 4) is 0 Å². The van der Waals surface area contributed by atoms with Gasteiger partial charge in [-0.3, -0.25) is 4.79 Å². The smallest absolute Gasteiger partial charge is 0.222 e. The molecule has 3 nitrogen and oxygen atoms in total. The first-order valence-corrected chi connectivity index (χ1v) is 6.48. The molecule has 1 aromatic carbocycles. The van der Waals surface area contributed by atoms with Crippen LogP contribution >= 0.6 is 0 Å². The number of benzene rings is 1. The van der Waals surface area contributed by atoms with Crippen molar-refractivity contribution in [2.24, 2.45) is 5.92 Å². The normalized spacial score (nSPS) is 12.8. The highest BCUT2D eigenvalue weighted by Crippen LogP contribution is 2.06. The SMILES string of the molecule is CC(C)C(=O)NC[C@H](Cc1ccccc1)N(C)C. The van der Waals surface area contributed by atoms with Crippen LogP contribution in [0.15, 0.2) is 30.3 Å². The van der Waals surface area contributed by atoms with Crippen LogP contribution in [0, 0.1) is 5.92 Å². The van der Waals surface area contributed by atoms with Gasteiger partial charge in [-0.1, -0.05) is 44.2 Å². The molecule has 0 aromatic heterocycles. The Bertz CT molecular complexity index is 360. The minimum absolute atomic E-state index is 0.0459. The van der Waals surface area contributed by atoms with Crippen LogP contribution in [0.2, 0.25) is 0 Å². The zero-order valence-corrected chi connectivity index (χ0v) is 11.8. The highest BCUT2D eigenvalue weighted by molar-refractivity contribution is 5.77. The average Bonchev–Trinajstić information content (AvgIpc) is 2.34. The number of rotatable bonds is 6. The second-order valence-corrected chi connectivity index (χ2v) is 5.21. The molecular formula is C15H24N2O. The fourth-order valence-electron chi connectivity index (χ4n) is 1.75. The summed E-state index contributed by atoms with van der Waals surface area (Å²) in [4.78, 5) is 13.8. The second-order valence-electron chi connectivity index (χ2n) is 5.21. The van der Waals surface area contributed by atoms with Gasteiger partial charge >= 0.3 is 0 Å². The number of nitrogens with zero attached hydrogens (tertiary/aromatic N) is 1. The molecule has 100 valence electrons. The van der Waals surface area contributed by atoms with Gasteiger partial charge in [-0.2, -0.15) is 0 Å². The van der Waals surface area contributed by atoms with Crippen LogP contribution in [0.5, 0.6) is 0 Å². The molecule has 0 aliphatic heterocycles. The maximum Gasteiger partial charge on any atom is 0.222 e. The van der Waals surface area contributed by atoms with Gasteiger partial charge in [0.25, 0.3) is 0 Å². The molecule has 0 spiro atoms. The van der Waals surface area contributed by atoms with Crippen molar-refractivity contribution in [1.82, 2.24) is 10.2 Å². The Labute approximate surface area is 110 Å². The zero-order valence-electron chi connectivity index (χ0n) is 11.8. The summed E-state index contributed by atoms with van der Waals surface area (Å²) >= 11 is 0. The van der Waals surface area contributed by atoms with Crippen molar-refractivity contribution in [1.29, 1.82) is 0 Å². The van der Waals surface area contributed by atoms with E-state index < -0.39 is 0 Å². The Kier molecular flexibility index (Phi) is 5.86. The van der Waals surface area contributed by atoms with E-state index >= 15 is 0 Å². The molecular weight excluding hydrogens is 224 g/mol. The first-order valence-electron chi connectivity index (χ1n) is 6.48. The second kappa shape index (κ2) is 7.17. The third-order valence-electron chi connectivity index (χ3n) is 3.08. The van der Waals surface area contributed by atoms with E-state index in [4.69, 9.17) is 0 Å².